The first-order valence-corrected chi connectivity index (χ1v) is 5.73. The molecule has 0 saturated carbocycles. The molecule has 0 N–H and O–H groups in total. The average molecular weight is 245 g/mol. The third-order valence-electron chi connectivity index (χ3n) is 2.54. The number of Topliss-reactive ketones (excluding diaryl/α,β-unsaturated/α-hetero) is 1. The molecule has 2 aromatic rings. The van der Waals surface area contributed by atoms with Gasteiger partial charge in [-0.25, -0.2) is 4.98 Å². The lowest BCUT2D eigenvalue weighted by Gasteiger charge is -2.00. The number of rotatable bonds is 5. The van der Waals surface area contributed by atoms with E-state index >= 15 is 0 Å². The Morgan fingerprint density at radius 1 is 1.33 bits per heavy atom. The Bertz CT molecular complexity index is 528. The van der Waals surface area contributed by atoms with Crippen molar-refractivity contribution in [2.24, 2.45) is 0 Å². The van der Waals surface area contributed by atoms with Gasteiger partial charge in [0.15, 0.2) is 5.89 Å². The number of oxazole rings is 1. The molecule has 0 unspecified atom stereocenters. The minimum Gasteiger partial charge on any atom is -0.497 e. The molecule has 0 fully saturated rings. The van der Waals surface area contributed by atoms with E-state index in [-0.39, 0.29) is 5.78 Å². The van der Waals surface area contributed by atoms with E-state index in [1.54, 1.807) is 13.4 Å². The fraction of sp³-hybridized carbons (Fsp3) is 0.286. The first-order chi connectivity index (χ1) is 8.67. The van der Waals surface area contributed by atoms with Gasteiger partial charge in [0.25, 0.3) is 0 Å². The number of benzene rings is 1. The molecular formula is C14H15NO3. The van der Waals surface area contributed by atoms with E-state index in [2.05, 4.69) is 4.98 Å². The number of hydrogen-bond donors (Lipinski definition) is 0. The molecule has 2 rings (SSSR count). The Morgan fingerprint density at radius 3 is 2.67 bits per heavy atom. The van der Waals surface area contributed by atoms with E-state index in [9.17, 15) is 4.79 Å². The summed E-state index contributed by atoms with van der Waals surface area (Å²) < 4.78 is 10.4. The molecule has 0 atom stereocenters. The molecule has 1 aromatic heterocycles. The highest BCUT2D eigenvalue weighted by molar-refractivity contribution is 5.77. The van der Waals surface area contributed by atoms with Gasteiger partial charge >= 0.3 is 0 Å². The Hall–Kier alpha value is -2.10. The highest BCUT2D eigenvalue weighted by atomic mass is 16.5. The largest absolute Gasteiger partial charge is 0.497 e. The summed E-state index contributed by atoms with van der Waals surface area (Å²) in [6.45, 7) is 1.54. The van der Waals surface area contributed by atoms with Crippen LogP contribution in [0.15, 0.2) is 34.9 Å². The SMILES string of the molecule is COc1ccc(Cc2nc(CC(C)=O)co2)cc1. The maximum atomic E-state index is 11.0. The van der Waals surface area contributed by atoms with Gasteiger partial charge in [-0.15, -0.1) is 0 Å². The predicted molar refractivity (Wildman–Crippen MR) is 66.7 cm³/mol. The first kappa shape index (κ1) is 12.4. The monoisotopic (exact) mass is 245 g/mol. The zero-order valence-corrected chi connectivity index (χ0v) is 10.5. The lowest BCUT2D eigenvalue weighted by molar-refractivity contribution is -0.116. The van der Waals surface area contributed by atoms with Gasteiger partial charge in [-0.2, -0.15) is 0 Å². The summed E-state index contributed by atoms with van der Waals surface area (Å²) in [7, 11) is 1.64. The fourth-order valence-corrected chi connectivity index (χ4v) is 1.68. The van der Waals surface area contributed by atoms with E-state index in [1.807, 2.05) is 24.3 Å². The van der Waals surface area contributed by atoms with Crippen molar-refractivity contribution in [1.82, 2.24) is 4.98 Å². The average Bonchev–Trinajstić information content (AvgIpc) is 2.76. The molecule has 0 aliphatic heterocycles. The summed E-state index contributed by atoms with van der Waals surface area (Å²) >= 11 is 0. The molecule has 1 heterocycles. The number of hydrogen-bond acceptors (Lipinski definition) is 4. The Labute approximate surface area is 106 Å². The molecule has 0 spiro atoms. The van der Waals surface area contributed by atoms with Crippen LogP contribution in [-0.4, -0.2) is 17.9 Å². The van der Waals surface area contributed by atoms with E-state index in [4.69, 9.17) is 9.15 Å². The first-order valence-electron chi connectivity index (χ1n) is 5.73. The molecule has 4 heteroatoms. The van der Waals surface area contributed by atoms with Crippen molar-refractivity contribution in [2.45, 2.75) is 19.8 Å². The minimum absolute atomic E-state index is 0.0827. The molecule has 4 nitrogen and oxygen atoms in total. The van der Waals surface area contributed by atoms with Crippen molar-refractivity contribution < 1.29 is 13.9 Å². The molecule has 0 amide bonds. The van der Waals surface area contributed by atoms with Crippen molar-refractivity contribution in [3.8, 4) is 5.75 Å². The van der Waals surface area contributed by atoms with Crippen LogP contribution in [0.5, 0.6) is 5.75 Å². The van der Waals surface area contributed by atoms with E-state index in [1.165, 1.54) is 6.92 Å². The fourth-order valence-electron chi connectivity index (χ4n) is 1.68. The molecule has 94 valence electrons. The second kappa shape index (κ2) is 5.49. The summed E-state index contributed by atoms with van der Waals surface area (Å²) in [5.74, 6) is 1.53. The van der Waals surface area contributed by atoms with Crippen LogP contribution in [0.3, 0.4) is 0 Å². The lowest BCUT2D eigenvalue weighted by atomic mass is 10.1. The number of carbonyl (C=O) groups excluding carboxylic acids is 1. The third-order valence-corrected chi connectivity index (χ3v) is 2.54. The zero-order valence-electron chi connectivity index (χ0n) is 10.5. The van der Waals surface area contributed by atoms with Crippen molar-refractivity contribution in [1.29, 1.82) is 0 Å². The van der Waals surface area contributed by atoms with Gasteiger partial charge in [0.2, 0.25) is 0 Å². The second-order valence-electron chi connectivity index (χ2n) is 4.14. The molecule has 1 aromatic carbocycles. The maximum Gasteiger partial charge on any atom is 0.198 e. The normalized spacial score (nSPS) is 10.3. The number of methoxy groups -OCH3 is 1. The van der Waals surface area contributed by atoms with Gasteiger partial charge < -0.3 is 9.15 Å². The number of carbonyl (C=O) groups is 1. The van der Waals surface area contributed by atoms with Crippen LogP contribution in [0, 0.1) is 0 Å². The van der Waals surface area contributed by atoms with Crippen LogP contribution in [-0.2, 0) is 17.6 Å². The van der Waals surface area contributed by atoms with Gasteiger partial charge in [-0.1, -0.05) is 12.1 Å². The molecule has 0 bridgehead atoms. The summed E-state index contributed by atoms with van der Waals surface area (Å²) in [6, 6.07) is 7.73. The summed E-state index contributed by atoms with van der Waals surface area (Å²) in [6.07, 6.45) is 2.48. The molecule has 18 heavy (non-hydrogen) atoms. The summed E-state index contributed by atoms with van der Waals surface area (Å²) in [5.41, 5.74) is 1.78. The van der Waals surface area contributed by atoms with Crippen LogP contribution in [0.4, 0.5) is 0 Å². The Balaban J connectivity index is 2.03. The topological polar surface area (TPSA) is 52.3 Å². The van der Waals surface area contributed by atoms with Crippen molar-refractivity contribution in [2.75, 3.05) is 7.11 Å². The number of aromatic nitrogens is 1. The number of ketones is 1. The summed E-state index contributed by atoms with van der Waals surface area (Å²) in [4.78, 5) is 15.2. The highest BCUT2D eigenvalue weighted by Gasteiger charge is 2.07. The van der Waals surface area contributed by atoms with Gasteiger partial charge in [0.1, 0.15) is 17.8 Å². The van der Waals surface area contributed by atoms with E-state index in [0.29, 0.717) is 24.4 Å². The van der Waals surface area contributed by atoms with Crippen LogP contribution in [0.25, 0.3) is 0 Å². The smallest absolute Gasteiger partial charge is 0.198 e. The second-order valence-corrected chi connectivity index (χ2v) is 4.14. The zero-order chi connectivity index (χ0) is 13.0. The molecule has 0 aliphatic rings. The van der Waals surface area contributed by atoms with Gasteiger partial charge in [-0.3, -0.25) is 4.79 Å². The van der Waals surface area contributed by atoms with Crippen LogP contribution >= 0.6 is 0 Å². The number of ether oxygens (including phenoxy) is 1. The predicted octanol–water partition coefficient (Wildman–Crippen LogP) is 2.41. The minimum atomic E-state index is 0.0827. The Morgan fingerprint density at radius 2 is 2.06 bits per heavy atom. The quantitative estimate of drug-likeness (QED) is 0.811. The van der Waals surface area contributed by atoms with Crippen LogP contribution < -0.4 is 4.74 Å². The molecule has 0 saturated heterocycles. The lowest BCUT2D eigenvalue weighted by Crippen LogP contribution is -1.97. The van der Waals surface area contributed by atoms with Crippen molar-refractivity contribution >= 4 is 5.78 Å². The maximum absolute atomic E-state index is 11.0. The van der Waals surface area contributed by atoms with Crippen molar-refractivity contribution in [3.05, 3.63) is 47.7 Å². The summed E-state index contributed by atoms with van der Waals surface area (Å²) in [5, 5.41) is 0. The van der Waals surface area contributed by atoms with Crippen LogP contribution in [0.1, 0.15) is 24.1 Å². The molecule has 0 radical (unpaired) electrons. The van der Waals surface area contributed by atoms with E-state index < -0.39 is 0 Å². The standard InChI is InChI=1S/C14H15NO3/c1-10(16)7-12-9-18-14(15-12)8-11-3-5-13(17-2)6-4-11/h3-6,9H,7-8H2,1-2H3. The molecular weight excluding hydrogens is 230 g/mol. The van der Waals surface area contributed by atoms with Crippen molar-refractivity contribution in [3.63, 3.8) is 0 Å². The van der Waals surface area contributed by atoms with Crippen LogP contribution in [0.2, 0.25) is 0 Å². The molecule has 0 aliphatic carbocycles. The van der Waals surface area contributed by atoms with Gasteiger partial charge in [0, 0.05) is 6.42 Å². The number of nitrogens with zero attached hydrogens (tertiary/aromatic N) is 1. The third kappa shape index (κ3) is 3.20. The Kier molecular flexibility index (Phi) is 3.77. The van der Waals surface area contributed by atoms with E-state index in [0.717, 1.165) is 11.3 Å². The highest BCUT2D eigenvalue weighted by Crippen LogP contribution is 2.14. The van der Waals surface area contributed by atoms with Gasteiger partial charge in [0.05, 0.1) is 19.2 Å². The van der Waals surface area contributed by atoms with Gasteiger partial charge in [-0.05, 0) is 24.6 Å².